The number of benzene rings is 1. The molecule has 3 heterocycles. The summed E-state index contributed by atoms with van der Waals surface area (Å²) in [6.45, 7) is 6.83. The molecule has 0 aliphatic carbocycles. The quantitative estimate of drug-likeness (QED) is 0.680. The van der Waals surface area contributed by atoms with Crippen LogP contribution in [-0.2, 0) is 4.79 Å². The molecule has 2 N–H and O–H groups in total. The van der Waals surface area contributed by atoms with Gasteiger partial charge in [0.25, 0.3) is 0 Å². The average Bonchev–Trinajstić information content (AvgIpc) is 3.03. The third-order valence-corrected chi connectivity index (χ3v) is 5.54. The molecule has 4 rings (SSSR count). The highest BCUT2D eigenvalue weighted by Crippen LogP contribution is 2.25. The first kappa shape index (κ1) is 19.5. The Hall–Kier alpha value is -2.84. The summed E-state index contributed by atoms with van der Waals surface area (Å²) >= 11 is 6.14. The molecular formula is C20H22ClN5O3. The van der Waals surface area contributed by atoms with Crippen LogP contribution in [0.1, 0.15) is 12.5 Å². The van der Waals surface area contributed by atoms with Crippen molar-refractivity contribution in [1.82, 2.24) is 14.9 Å². The Morgan fingerprint density at radius 1 is 1.38 bits per heavy atom. The third-order valence-electron chi connectivity index (χ3n) is 5.11. The predicted molar refractivity (Wildman–Crippen MR) is 113 cm³/mol. The molecule has 0 saturated carbocycles. The third kappa shape index (κ3) is 4.28. The van der Waals surface area contributed by atoms with Crippen LogP contribution in [0.4, 0.5) is 11.4 Å². The highest BCUT2D eigenvalue weighted by atomic mass is 35.5. The number of nitrogens with zero attached hydrogens (tertiary/aromatic N) is 3. The van der Waals surface area contributed by atoms with E-state index in [0.29, 0.717) is 16.9 Å². The zero-order valence-corrected chi connectivity index (χ0v) is 17.0. The van der Waals surface area contributed by atoms with Crippen molar-refractivity contribution in [3.63, 3.8) is 0 Å². The van der Waals surface area contributed by atoms with Gasteiger partial charge in [-0.3, -0.25) is 14.7 Å². The molecule has 1 aromatic carbocycles. The number of carbonyl (C=O) groups is 1. The van der Waals surface area contributed by atoms with E-state index in [1.54, 1.807) is 6.07 Å². The van der Waals surface area contributed by atoms with Crippen molar-refractivity contribution in [2.45, 2.75) is 19.9 Å². The minimum Gasteiger partial charge on any atom is -0.406 e. The molecule has 1 fully saturated rings. The number of hydrogen-bond donors (Lipinski definition) is 2. The number of pyridine rings is 1. The minimum atomic E-state index is -0.571. The van der Waals surface area contributed by atoms with E-state index in [2.05, 4.69) is 38.1 Å². The lowest BCUT2D eigenvalue weighted by atomic mass is 10.1. The maximum atomic E-state index is 12.5. The first-order valence-electron chi connectivity index (χ1n) is 9.43. The minimum absolute atomic E-state index is 0.132. The van der Waals surface area contributed by atoms with Gasteiger partial charge in [-0.15, -0.1) is 0 Å². The van der Waals surface area contributed by atoms with Gasteiger partial charge < -0.3 is 14.6 Å². The van der Waals surface area contributed by atoms with Gasteiger partial charge in [-0.25, -0.2) is 9.78 Å². The summed E-state index contributed by atoms with van der Waals surface area (Å²) in [5, 5.41) is 3.58. The first-order chi connectivity index (χ1) is 13.9. The summed E-state index contributed by atoms with van der Waals surface area (Å²) in [6.07, 6.45) is 1.50. The van der Waals surface area contributed by atoms with Crippen molar-refractivity contribution in [2.24, 2.45) is 0 Å². The van der Waals surface area contributed by atoms with E-state index in [9.17, 15) is 9.59 Å². The lowest BCUT2D eigenvalue weighted by molar-refractivity contribution is -0.117. The molecule has 29 heavy (non-hydrogen) atoms. The molecule has 1 aliphatic heterocycles. The molecule has 0 radical (unpaired) electrons. The van der Waals surface area contributed by atoms with Crippen LogP contribution in [0.15, 0.2) is 39.7 Å². The lowest BCUT2D eigenvalue weighted by Crippen LogP contribution is -2.53. The van der Waals surface area contributed by atoms with Crippen molar-refractivity contribution < 1.29 is 9.21 Å². The number of piperazine rings is 1. The van der Waals surface area contributed by atoms with Gasteiger partial charge in [0, 0.05) is 42.5 Å². The van der Waals surface area contributed by atoms with Crippen LogP contribution >= 0.6 is 11.6 Å². The van der Waals surface area contributed by atoms with Gasteiger partial charge in [-0.1, -0.05) is 11.6 Å². The number of anilines is 2. The molecule has 1 amide bonds. The number of halogens is 1. The Labute approximate surface area is 172 Å². The molecule has 2 aromatic heterocycles. The molecule has 1 atom stereocenters. The average molecular weight is 416 g/mol. The largest absolute Gasteiger partial charge is 0.418 e. The second kappa shape index (κ2) is 7.88. The second-order valence-corrected chi connectivity index (χ2v) is 7.75. The number of rotatable bonds is 4. The van der Waals surface area contributed by atoms with E-state index in [4.69, 9.17) is 16.0 Å². The van der Waals surface area contributed by atoms with E-state index in [-0.39, 0.29) is 18.5 Å². The fourth-order valence-corrected chi connectivity index (χ4v) is 3.80. The van der Waals surface area contributed by atoms with E-state index in [1.807, 2.05) is 19.1 Å². The van der Waals surface area contributed by atoms with Crippen LogP contribution in [0.25, 0.3) is 11.2 Å². The normalized spacial score (nSPS) is 17.6. The molecule has 0 unspecified atom stereocenters. The first-order valence-corrected chi connectivity index (χ1v) is 9.81. The second-order valence-electron chi connectivity index (χ2n) is 7.34. The van der Waals surface area contributed by atoms with Crippen molar-refractivity contribution in [3.05, 3.63) is 51.6 Å². The van der Waals surface area contributed by atoms with Crippen molar-refractivity contribution in [2.75, 3.05) is 36.4 Å². The Kier molecular flexibility index (Phi) is 5.29. The number of oxazole rings is 1. The van der Waals surface area contributed by atoms with Gasteiger partial charge in [0.1, 0.15) is 0 Å². The lowest BCUT2D eigenvalue weighted by Gasteiger charge is -2.41. The molecule has 3 aromatic rings. The number of H-pyrrole nitrogens is 1. The van der Waals surface area contributed by atoms with Gasteiger partial charge in [0.05, 0.1) is 18.4 Å². The number of aromatic amines is 1. The number of aromatic nitrogens is 2. The zero-order valence-electron chi connectivity index (χ0n) is 16.2. The zero-order chi connectivity index (χ0) is 20.5. The van der Waals surface area contributed by atoms with Crippen LogP contribution in [0.5, 0.6) is 0 Å². The summed E-state index contributed by atoms with van der Waals surface area (Å²) in [6, 6.07) is 7.92. The van der Waals surface area contributed by atoms with E-state index < -0.39 is 5.76 Å². The van der Waals surface area contributed by atoms with Gasteiger partial charge >= 0.3 is 5.76 Å². The molecule has 1 saturated heterocycles. The molecule has 9 heteroatoms. The van der Waals surface area contributed by atoms with Crippen LogP contribution < -0.4 is 16.0 Å². The Morgan fingerprint density at radius 3 is 2.97 bits per heavy atom. The monoisotopic (exact) mass is 415 g/mol. The highest BCUT2D eigenvalue weighted by molar-refractivity contribution is 6.31. The number of carbonyl (C=O) groups excluding carboxylic acids is 1. The summed E-state index contributed by atoms with van der Waals surface area (Å²) in [7, 11) is 0. The van der Waals surface area contributed by atoms with Crippen molar-refractivity contribution >= 4 is 40.1 Å². The summed E-state index contributed by atoms with van der Waals surface area (Å²) in [5.74, 6) is -0.703. The van der Waals surface area contributed by atoms with E-state index >= 15 is 0 Å². The summed E-state index contributed by atoms with van der Waals surface area (Å²) < 4.78 is 4.97. The van der Waals surface area contributed by atoms with Gasteiger partial charge in [0.15, 0.2) is 11.2 Å². The van der Waals surface area contributed by atoms with Crippen molar-refractivity contribution in [3.8, 4) is 0 Å². The van der Waals surface area contributed by atoms with Crippen molar-refractivity contribution in [1.29, 1.82) is 0 Å². The Morgan fingerprint density at radius 2 is 2.21 bits per heavy atom. The van der Waals surface area contributed by atoms with Crippen LogP contribution in [0.3, 0.4) is 0 Å². The molecule has 0 spiro atoms. The fourth-order valence-electron chi connectivity index (χ4n) is 3.68. The maximum absolute atomic E-state index is 12.5. The molecule has 152 valence electrons. The number of amides is 1. The van der Waals surface area contributed by atoms with Crippen LogP contribution in [-0.4, -0.2) is 53.0 Å². The van der Waals surface area contributed by atoms with Crippen LogP contribution in [0.2, 0.25) is 5.02 Å². The predicted octanol–water partition coefficient (Wildman–Crippen LogP) is 2.63. The topological polar surface area (TPSA) is 94.5 Å². The van der Waals surface area contributed by atoms with Crippen LogP contribution in [0, 0.1) is 6.92 Å². The smallest absolute Gasteiger partial charge is 0.406 e. The standard InChI is InChI=1S/C20H22ClN5O3/c1-12-7-15(3-4-16(12)21)26-6-5-25(10-13(26)2)11-18(27)23-14-8-17-19(22-9-14)24-20(28)29-17/h3-4,7-9,13H,5-6,10-11H2,1-2H3,(H,23,27)(H,22,24,28)/t13-/m1/s1. The Bertz CT molecular complexity index is 1110. The van der Waals surface area contributed by atoms with E-state index in [1.165, 1.54) is 6.20 Å². The van der Waals surface area contributed by atoms with E-state index in [0.717, 1.165) is 35.9 Å². The molecular weight excluding hydrogens is 394 g/mol. The maximum Gasteiger partial charge on any atom is 0.418 e. The van der Waals surface area contributed by atoms with Gasteiger partial charge in [-0.05, 0) is 37.6 Å². The van der Waals surface area contributed by atoms with Gasteiger partial charge in [0.2, 0.25) is 5.91 Å². The number of aryl methyl sites for hydroxylation is 1. The summed E-state index contributed by atoms with van der Waals surface area (Å²) in [5.41, 5.74) is 3.37. The number of nitrogens with one attached hydrogen (secondary N) is 2. The number of hydrogen-bond acceptors (Lipinski definition) is 6. The fraction of sp³-hybridized carbons (Fsp3) is 0.350. The molecule has 8 nitrogen and oxygen atoms in total. The number of fused-ring (bicyclic) bond motifs is 1. The molecule has 0 bridgehead atoms. The Balaban J connectivity index is 1.35. The highest BCUT2D eigenvalue weighted by Gasteiger charge is 2.25. The summed E-state index contributed by atoms with van der Waals surface area (Å²) in [4.78, 5) is 34.7. The molecule has 1 aliphatic rings. The van der Waals surface area contributed by atoms with Gasteiger partial charge in [-0.2, -0.15) is 0 Å². The SMILES string of the molecule is Cc1cc(N2CCN(CC(=O)Nc3cnc4[nH]c(=O)oc4c3)C[C@H]2C)ccc1Cl.